The minimum absolute atomic E-state index is 0. The maximum atomic E-state index is 9.80. The second-order valence-electron chi connectivity index (χ2n) is 11.9. The molecular weight excluding hydrogens is 671 g/mol. The van der Waals surface area contributed by atoms with Crippen molar-refractivity contribution in [1.29, 1.82) is 0 Å². The van der Waals surface area contributed by atoms with Crippen LogP contribution in [0.3, 0.4) is 0 Å². The third kappa shape index (κ3) is 4.79. The molecule has 6 aromatic carbocycles. The maximum absolute atomic E-state index is 9.80. The largest absolute Gasteiger partial charge is 0.683 e. The third-order valence-corrected chi connectivity index (χ3v) is 10.5. The van der Waals surface area contributed by atoms with Gasteiger partial charge >= 0.3 is 0 Å². The Morgan fingerprint density at radius 2 is 1.36 bits per heavy atom. The second-order valence-corrected chi connectivity index (χ2v) is 13.0. The molecule has 0 saturated heterocycles. The molecule has 2 aromatic heterocycles. The average molecular weight is 702 g/mol. The predicted octanol–water partition coefficient (Wildman–Crippen LogP) is 11.3. The van der Waals surface area contributed by atoms with Crippen LogP contribution in [-0.2, 0) is 32.7 Å². The molecule has 0 spiro atoms. The van der Waals surface area contributed by atoms with Crippen molar-refractivity contribution in [2.75, 3.05) is 12.4 Å². The van der Waals surface area contributed by atoms with Gasteiger partial charge in [-0.3, -0.25) is 0 Å². The summed E-state index contributed by atoms with van der Waals surface area (Å²) in [6, 6.07) is 42.7. The molecule has 225 valence electrons. The Morgan fingerprint density at radius 1 is 0.702 bits per heavy atom. The zero-order valence-corrected chi connectivity index (χ0v) is 29.4. The Hall–Kier alpha value is -4.42. The molecule has 0 amide bonds. The molecule has 2 aliphatic rings. The first-order chi connectivity index (χ1) is 22.7. The molecule has 3 heterocycles. The number of para-hydroxylation sites is 2. The number of anilines is 1. The van der Waals surface area contributed by atoms with Crippen LogP contribution in [0.4, 0.5) is 11.4 Å². The normalized spacial score (nSPS) is 16.3. The minimum atomic E-state index is 0. The van der Waals surface area contributed by atoms with Crippen LogP contribution in [0, 0.1) is 0 Å². The van der Waals surface area contributed by atoms with E-state index in [0.29, 0.717) is 11.6 Å². The third-order valence-electron chi connectivity index (χ3n) is 9.39. The zero-order chi connectivity index (χ0) is 30.8. The predicted molar refractivity (Wildman–Crippen MR) is 197 cm³/mol. The Morgan fingerprint density at radius 3 is 2.11 bits per heavy atom. The van der Waals surface area contributed by atoms with Crippen LogP contribution in [0.2, 0.25) is 0 Å². The minimum Gasteiger partial charge on any atom is -0.683 e. The molecule has 47 heavy (non-hydrogen) atoms. The number of nitrogens with zero attached hydrogens (tertiary/aromatic N) is 2. The van der Waals surface area contributed by atoms with Crippen molar-refractivity contribution in [2.45, 2.75) is 12.0 Å². The van der Waals surface area contributed by atoms with Gasteiger partial charge in [0.15, 0.2) is 0 Å². The number of hydrogen-bond donors (Lipinski definition) is 2. The first-order valence-corrected chi connectivity index (χ1v) is 16.4. The van der Waals surface area contributed by atoms with E-state index >= 15 is 0 Å². The van der Waals surface area contributed by atoms with Crippen molar-refractivity contribution in [3.05, 3.63) is 150 Å². The fourth-order valence-corrected chi connectivity index (χ4v) is 8.50. The molecule has 1 radical (unpaired) electrons. The summed E-state index contributed by atoms with van der Waals surface area (Å²) in [6.45, 7) is 0. The summed E-state index contributed by atoms with van der Waals surface area (Å²) in [6.07, 6.45) is 7.09. The quantitative estimate of drug-likeness (QED) is 0.189. The molecule has 2 atom stereocenters. The number of rotatable bonds is 2. The number of aromatic hydroxyl groups is 1. The number of fused-ring (bicyclic) bond motifs is 11. The topological polar surface area (TPSA) is 51.3 Å². The van der Waals surface area contributed by atoms with Crippen molar-refractivity contribution in [3.8, 4) is 5.75 Å². The summed E-state index contributed by atoms with van der Waals surface area (Å²) >= 11 is 1.73. The van der Waals surface area contributed by atoms with Crippen LogP contribution in [0.15, 0.2) is 140 Å². The number of aromatic nitrogens is 1. The molecule has 0 fully saturated rings. The van der Waals surface area contributed by atoms with Gasteiger partial charge in [-0.25, -0.2) is 0 Å². The molecule has 2 unspecified atom stereocenters. The Bertz CT molecular complexity index is 2490. The molecule has 1 aliphatic carbocycles. The van der Waals surface area contributed by atoms with Gasteiger partial charge < -0.3 is 20.3 Å². The van der Waals surface area contributed by atoms with E-state index in [1.165, 1.54) is 64.3 Å². The van der Waals surface area contributed by atoms with Gasteiger partial charge in [0, 0.05) is 70.2 Å². The van der Waals surface area contributed by atoms with E-state index < -0.39 is 0 Å². The van der Waals surface area contributed by atoms with E-state index in [4.69, 9.17) is 0 Å². The van der Waals surface area contributed by atoms with Gasteiger partial charge in [0.1, 0.15) is 5.75 Å². The summed E-state index contributed by atoms with van der Waals surface area (Å²) in [4.78, 5) is 0. The van der Waals surface area contributed by atoms with Crippen molar-refractivity contribution in [3.63, 3.8) is 0 Å². The zero-order valence-electron chi connectivity index (χ0n) is 25.8. The van der Waals surface area contributed by atoms with Gasteiger partial charge in [-0.05, 0) is 75.7 Å². The molecule has 0 saturated carbocycles. The van der Waals surface area contributed by atoms with Crippen molar-refractivity contribution < 1.29 is 37.8 Å². The van der Waals surface area contributed by atoms with Gasteiger partial charge in [-0.1, -0.05) is 96.7 Å². The summed E-state index contributed by atoms with van der Waals surface area (Å²) < 4.78 is 4.80. The smallest absolute Gasteiger partial charge is 0.101 e. The van der Waals surface area contributed by atoms with Crippen molar-refractivity contribution in [2.24, 2.45) is 0 Å². The molecule has 4 nitrogen and oxygen atoms in total. The Labute approximate surface area is 301 Å². The summed E-state index contributed by atoms with van der Waals surface area (Å²) in [5.41, 5.74) is 7.12. The standard InChI is InChI=1S/C28H20N2.C13H10NOS.Y/c1-2-8-20-18(7-1)13-16-24-28(20)23-15-14-19(17-25(23)29-24)30-26-11-5-3-9-21(26)22-10-4-6-12-27(22)30;1-14-13-9(15)6-7-11-12(13)8-4-2-3-5-10(8)16-11;/h1-17,23,25,29H;2-7,15H,1H3;/q;-1;. The number of allylic oxidation sites excluding steroid dienone is 2. The first-order valence-electron chi connectivity index (χ1n) is 15.6. The van der Waals surface area contributed by atoms with Crippen LogP contribution in [-0.4, -0.2) is 22.8 Å². The molecular formula is C41H30N3OSY-. The monoisotopic (exact) mass is 701 g/mol. The number of benzene rings is 6. The van der Waals surface area contributed by atoms with E-state index in [2.05, 4.69) is 130 Å². The maximum Gasteiger partial charge on any atom is 0.101 e. The van der Waals surface area contributed by atoms with Crippen molar-refractivity contribution >= 4 is 81.2 Å². The van der Waals surface area contributed by atoms with E-state index in [1.807, 2.05) is 18.2 Å². The van der Waals surface area contributed by atoms with Crippen LogP contribution >= 0.6 is 11.3 Å². The number of phenolic OH excluding ortho intramolecular Hbond substituents is 1. The molecule has 1 aliphatic heterocycles. The van der Waals surface area contributed by atoms with Gasteiger partial charge in [-0.15, -0.1) is 18.4 Å². The number of thiophene rings is 1. The molecule has 10 rings (SSSR count). The molecule has 2 N–H and O–H groups in total. The molecule has 8 aromatic rings. The summed E-state index contributed by atoms with van der Waals surface area (Å²) in [5.74, 6) is 0.612. The van der Waals surface area contributed by atoms with E-state index in [0.717, 1.165) is 5.39 Å². The van der Waals surface area contributed by atoms with Gasteiger partial charge in [-0.2, -0.15) is 0 Å². The number of hydrogen-bond acceptors (Lipinski definition) is 3. The van der Waals surface area contributed by atoms with Crippen LogP contribution < -0.4 is 5.32 Å². The van der Waals surface area contributed by atoms with Crippen molar-refractivity contribution in [1.82, 2.24) is 4.57 Å². The van der Waals surface area contributed by atoms with Gasteiger partial charge in [0.25, 0.3) is 0 Å². The number of phenols is 1. The van der Waals surface area contributed by atoms with Crippen LogP contribution in [0.5, 0.6) is 5.75 Å². The fraction of sp³-hybridized carbons (Fsp3) is 0.0732. The second kappa shape index (κ2) is 12.0. The van der Waals surface area contributed by atoms with Crippen LogP contribution in [0.1, 0.15) is 11.5 Å². The first kappa shape index (κ1) is 30.0. The Balaban J connectivity index is 0.000000162. The Kier molecular flexibility index (Phi) is 7.64. The SMILES string of the molecule is C1=CC2c3c(ccc4ccccc34)NC2C=C1n1c2ccccc2c2ccccc21.C[N-]c1c(O)ccc2sc3ccccc3c12.[Y]. The molecule has 6 heteroatoms. The average Bonchev–Trinajstić information content (AvgIpc) is 3.78. The number of nitrogens with one attached hydrogen (secondary N) is 1. The fourth-order valence-electron chi connectivity index (χ4n) is 7.40. The van der Waals surface area contributed by atoms with Gasteiger partial charge in [0.05, 0.1) is 17.1 Å². The van der Waals surface area contributed by atoms with E-state index in [-0.39, 0.29) is 44.5 Å². The molecule has 0 bridgehead atoms. The van der Waals surface area contributed by atoms with Gasteiger partial charge in [0.2, 0.25) is 0 Å². The van der Waals surface area contributed by atoms with E-state index in [1.54, 1.807) is 24.5 Å². The van der Waals surface area contributed by atoms with E-state index in [9.17, 15) is 5.11 Å². The van der Waals surface area contributed by atoms with Crippen LogP contribution in [0.25, 0.3) is 63.8 Å². The summed E-state index contributed by atoms with van der Waals surface area (Å²) in [7, 11) is 1.71. The summed E-state index contributed by atoms with van der Waals surface area (Å²) in [5, 5.41) is 25.2.